The number of amides is 2. The molecule has 0 spiro atoms. The van der Waals surface area contributed by atoms with Crippen LogP contribution in [-0.4, -0.2) is 53.7 Å². The van der Waals surface area contributed by atoms with Gasteiger partial charge in [0.1, 0.15) is 6.54 Å². The highest BCUT2D eigenvalue weighted by molar-refractivity contribution is 5.82. The number of carboxylic acid groups (broad SMARTS) is 1. The highest BCUT2D eigenvalue weighted by Crippen LogP contribution is 2.26. The number of urea groups is 1. The van der Waals surface area contributed by atoms with Crippen molar-refractivity contribution >= 4 is 18.0 Å². The summed E-state index contributed by atoms with van der Waals surface area (Å²) in [6.45, 7) is 3.87. The van der Waals surface area contributed by atoms with E-state index < -0.39 is 23.9 Å². The molecule has 21 heavy (non-hydrogen) atoms. The molecule has 0 aromatic heterocycles. The van der Waals surface area contributed by atoms with Crippen LogP contribution in [0.5, 0.6) is 0 Å². The minimum absolute atomic E-state index is 0.0591. The van der Waals surface area contributed by atoms with Gasteiger partial charge in [0.05, 0.1) is 12.5 Å². The maximum absolute atomic E-state index is 12.1. The first-order valence-electron chi connectivity index (χ1n) is 7.42. The summed E-state index contributed by atoms with van der Waals surface area (Å²) in [5.74, 6) is -1.95. The fraction of sp³-hybridized carbons (Fsp3) is 0.786. The largest absolute Gasteiger partial charge is 0.481 e. The number of esters is 1. The van der Waals surface area contributed by atoms with Crippen LogP contribution in [0.25, 0.3) is 0 Å². The molecule has 1 saturated carbocycles. The molecule has 0 aliphatic heterocycles. The number of ether oxygens (including phenoxy) is 1. The van der Waals surface area contributed by atoms with E-state index in [2.05, 4.69) is 5.32 Å². The number of nitrogens with one attached hydrogen (secondary N) is 1. The van der Waals surface area contributed by atoms with Crippen molar-refractivity contribution in [2.24, 2.45) is 5.92 Å². The predicted molar refractivity (Wildman–Crippen MR) is 75.8 cm³/mol. The van der Waals surface area contributed by atoms with Crippen molar-refractivity contribution in [2.45, 2.75) is 45.6 Å². The van der Waals surface area contributed by atoms with E-state index in [1.54, 1.807) is 6.92 Å². The highest BCUT2D eigenvalue weighted by Gasteiger charge is 2.34. The summed E-state index contributed by atoms with van der Waals surface area (Å²) in [4.78, 5) is 36.1. The molecule has 1 rings (SSSR count). The van der Waals surface area contributed by atoms with Crippen LogP contribution in [0, 0.1) is 5.92 Å². The van der Waals surface area contributed by atoms with Crippen LogP contribution in [-0.2, 0) is 14.3 Å². The Morgan fingerprint density at radius 2 is 2.00 bits per heavy atom. The predicted octanol–water partition coefficient (Wildman–Crippen LogP) is 1.22. The fourth-order valence-corrected chi connectivity index (χ4v) is 2.07. The van der Waals surface area contributed by atoms with E-state index in [1.807, 2.05) is 6.92 Å². The number of hydrogen-bond acceptors (Lipinski definition) is 4. The lowest BCUT2D eigenvalue weighted by Crippen LogP contribution is -2.46. The third-order valence-electron chi connectivity index (χ3n) is 3.34. The molecule has 2 amide bonds. The summed E-state index contributed by atoms with van der Waals surface area (Å²) >= 11 is 0. The lowest BCUT2D eigenvalue weighted by molar-refractivity contribution is -0.144. The minimum atomic E-state index is -0.916. The molecule has 0 saturated heterocycles. The van der Waals surface area contributed by atoms with Crippen molar-refractivity contribution < 1.29 is 24.2 Å². The third-order valence-corrected chi connectivity index (χ3v) is 3.34. The van der Waals surface area contributed by atoms with Gasteiger partial charge >= 0.3 is 18.0 Å². The Hall–Kier alpha value is -1.79. The van der Waals surface area contributed by atoms with Gasteiger partial charge in [0.25, 0.3) is 0 Å². The third kappa shape index (κ3) is 6.01. The Balaban J connectivity index is 2.49. The molecule has 2 N–H and O–H groups in total. The topological polar surface area (TPSA) is 95.9 Å². The van der Waals surface area contributed by atoms with Crippen LogP contribution in [0.1, 0.15) is 39.5 Å². The first-order chi connectivity index (χ1) is 9.99. The van der Waals surface area contributed by atoms with Gasteiger partial charge in [0, 0.05) is 12.6 Å². The molecule has 120 valence electrons. The van der Waals surface area contributed by atoms with Gasteiger partial charge in [-0.3, -0.25) is 9.59 Å². The smallest absolute Gasteiger partial charge is 0.325 e. The van der Waals surface area contributed by atoms with Crippen LogP contribution in [0.4, 0.5) is 4.79 Å². The maximum Gasteiger partial charge on any atom is 0.325 e. The van der Waals surface area contributed by atoms with Crippen LogP contribution in [0.3, 0.4) is 0 Å². The Labute approximate surface area is 124 Å². The highest BCUT2D eigenvalue weighted by atomic mass is 16.5. The number of rotatable bonds is 9. The van der Waals surface area contributed by atoms with Crippen molar-refractivity contribution in [1.82, 2.24) is 10.2 Å². The zero-order valence-electron chi connectivity index (χ0n) is 12.6. The van der Waals surface area contributed by atoms with Crippen LogP contribution < -0.4 is 5.32 Å². The monoisotopic (exact) mass is 300 g/mol. The van der Waals surface area contributed by atoms with Crippen molar-refractivity contribution in [3.05, 3.63) is 0 Å². The fourth-order valence-electron chi connectivity index (χ4n) is 2.07. The quantitative estimate of drug-likeness (QED) is 0.624. The molecule has 1 aliphatic carbocycles. The second kappa shape index (κ2) is 8.49. The van der Waals surface area contributed by atoms with Gasteiger partial charge in [0.2, 0.25) is 0 Å². The second-order valence-electron chi connectivity index (χ2n) is 5.17. The van der Waals surface area contributed by atoms with Crippen molar-refractivity contribution in [3.63, 3.8) is 0 Å². The van der Waals surface area contributed by atoms with Gasteiger partial charge in [-0.1, -0.05) is 13.3 Å². The molecular weight excluding hydrogens is 276 g/mol. The standard InChI is InChI=1S/C14H24N2O5/c1-3-5-10(13(18)19)8-15-14(20)16(11-6-7-11)9-12(17)21-4-2/h10-11H,3-9H2,1-2H3,(H,15,20)(H,18,19). The molecule has 7 nitrogen and oxygen atoms in total. The van der Waals surface area contributed by atoms with Gasteiger partial charge in [0.15, 0.2) is 0 Å². The molecule has 0 aromatic carbocycles. The number of carbonyl (C=O) groups is 3. The molecule has 1 atom stereocenters. The summed E-state index contributed by atoms with van der Waals surface area (Å²) < 4.78 is 4.85. The van der Waals surface area contributed by atoms with Gasteiger partial charge in [-0.05, 0) is 26.2 Å². The summed E-state index contributed by atoms with van der Waals surface area (Å²) in [6.07, 6.45) is 2.98. The lowest BCUT2D eigenvalue weighted by atomic mass is 10.0. The zero-order chi connectivity index (χ0) is 15.8. The summed E-state index contributed by atoms with van der Waals surface area (Å²) in [5.41, 5.74) is 0. The van der Waals surface area contributed by atoms with Crippen molar-refractivity contribution in [1.29, 1.82) is 0 Å². The van der Waals surface area contributed by atoms with E-state index >= 15 is 0 Å². The van der Waals surface area contributed by atoms with Gasteiger partial charge in [-0.25, -0.2) is 4.79 Å². The number of aliphatic carboxylic acids is 1. The first-order valence-corrected chi connectivity index (χ1v) is 7.42. The molecule has 0 aromatic rings. The van der Waals surface area contributed by atoms with E-state index in [0.29, 0.717) is 6.42 Å². The Bertz CT molecular complexity index is 382. The van der Waals surface area contributed by atoms with E-state index in [0.717, 1.165) is 19.3 Å². The van der Waals surface area contributed by atoms with E-state index in [9.17, 15) is 14.4 Å². The molecule has 0 radical (unpaired) electrons. The Morgan fingerprint density at radius 3 is 2.48 bits per heavy atom. The molecule has 0 bridgehead atoms. The average molecular weight is 300 g/mol. The SMILES string of the molecule is CCCC(CNC(=O)N(CC(=O)OCC)C1CC1)C(=O)O. The van der Waals surface area contributed by atoms with Crippen LogP contribution in [0.2, 0.25) is 0 Å². The number of carboxylic acids is 1. The van der Waals surface area contributed by atoms with Crippen LogP contribution >= 0.6 is 0 Å². The molecule has 1 unspecified atom stereocenters. The lowest BCUT2D eigenvalue weighted by Gasteiger charge is -2.23. The number of nitrogens with zero attached hydrogens (tertiary/aromatic N) is 1. The Morgan fingerprint density at radius 1 is 1.33 bits per heavy atom. The number of carbonyl (C=O) groups excluding carboxylic acids is 2. The van der Waals surface area contributed by atoms with Gasteiger partial charge in [-0.15, -0.1) is 0 Å². The summed E-state index contributed by atoms with van der Waals surface area (Å²) in [6, 6.07) is -0.336. The Kier molecular flexibility index (Phi) is 6.98. The molecule has 7 heteroatoms. The van der Waals surface area contributed by atoms with E-state index in [4.69, 9.17) is 9.84 Å². The maximum atomic E-state index is 12.1. The molecule has 1 fully saturated rings. The summed E-state index contributed by atoms with van der Waals surface area (Å²) in [5, 5.41) is 11.7. The van der Waals surface area contributed by atoms with Crippen molar-refractivity contribution in [3.8, 4) is 0 Å². The zero-order valence-corrected chi connectivity index (χ0v) is 12.6. The first kappa shape index (κ1) is 17.3. The van der Waals surface area contributed by atoms with E-state index in [-0.39, 0.29) is 25.7 Å². The molecule has 1 aliphatic rings. The number of hydrogen-bond donors (Lipinski definition) is 2. The van der Waals surface area contributed by atoms with Gasteiger partial charge < -0.3 is 20.1 Å². The molecular formula is C14H24N2O5. The normalized spacial score (nSPS) is 15.1. The molecule has 0 heterocycles. The summed E-state index contributed by atoms with van der Waals surface area (Å²) in [7, 11) is 0. The van der Waals surface area contributed by atoms with E-state index in [1.165, 1.54) is 4.90 Å². The van der Waals surface area contributed by atoms with Gasteiger partial charge in [-0.2, -0.15) is 0 Å². The minimum Gasteiger partial charge on any atom is -0.481 e. The van der Waals surface area contributed by atoms with Crippen molar-refractivity contribution in [2.75, 3.05) is 19.7 Å². The van der Waals surface area contributed by atoms with Crippen LogP contribution in [0.15, 0.2) is 0 Å². The second-order valence-corrected chi connectivity index (χ2v) is 5.17. The average Bonchev–Trinajstić information content (AvgIpc) is 3.24.